The van der Waals surface area contributed by atoms with Crippen molar-refractivity contribution in [3.05, 3.63) is 0 Å². The predicted molar refractivity (Wildman–Crippen MR) is 108 cm³/mol. The molecule has 23 heavy (non-hydrogen) atoms. The van der Waals surface area contributed by atoms with Crippen LogP contribution in [0.5, 0.6) is 0 Å². The van der Waals surface area contributed by atoms with Gasteiger partial charge in [-0.05, 0) is 39.3 Å². The molecule has 0 saturated carbocycles. The smallest absolute Gasteiger partial charge is 0.221 e. The van der Waals surface area contributed by atoms with E-state index in [2.05, 4.69) is 32.8 Å². The molecule has 1 atom stereocenters. The van der Waals surface area contributed by atoms with Crippen LogP contribution in [0.4, 0.5) is 0 Å². The Balaban J connectivity index is 0.00000484. The summed E-state index contributed by atoms with van der Waals surface area (Å²) >= 11 is 0. The van der Waals surface area contributed by atoms with Crippen molar-refractivity contribution >= 4 is 35.8 Å². The van der Waals surface area contributed by atoms with E-state index < -0.39 is 0 Å². The zero-order valence-electron chi connectivity index (χ0n) is 14.9. The molecule has 1 unspecified atom stereocenters. The quantitative estimate of drug-likeness (QED) is 0.305. The van der Waals surface area contributed by atoms with Gasteiger partial charge in [-0.15, -0.1) is 24.0 Å². The lowest BCUT2D eigenvalue weighted by atomic mass is 10.1. The number of likely N-dealkylation sites (tertiary alicyclic amines) is 1. The molecule has 6 nitrogen and oxygen atoms in total. The molecule has 1 rings (SSSR count). The number of guanidine groups is 1. The number of halogens is 1. The summed E-state index contributed by atoms with van der Waals surface area (Å²) in [4.78, 5) is 18.4. The lowest BCUT2D eigenvalue weighted by Crippen LogP contribution is -2.43. The first kappa shape index (κ1) is 22.4. The third kappa shape index (κ3) is 10.8. The number of hydrogen-bond donors (Lipinski definition) is 3. The van der Waals surface area contributed by atoms with Crippen LogP contribution in [0, 0.1) is 0 Å². The average Bonchev–Trinajstić information content (AvgIpc) is 2.54. The summed E-state index contributed by atoms with van der Waals surface area (Å²) in [6.07, 6.45) is 5.43. The minimum absolute atomic E-state index is 0. The fourth-order valence-electron chi connectivity index (χ4n) is 2.48. The molecule has 3 N–H and O–H groups in total. The normalized spacial score (nSPS) is 17.1. The Morgan fingerprint density at radius 1 is 1.17 bits per heavy atom. The van der Waals surface area contributed by atoms with Crippen molar-refractivity contribution in [1.82, 2.24) is 20.9 Å². The Kier molecular flexibility index (Phi) is 13.5. The summed E-state index contributed by atoms with van der Waals surface area (Å²) in [5, 5.41) is 9.46. The highest BCUT2D eigenvalue weighted by Crippen LogP contribution is 2.07. The van der Waals surface area contributed by atoms with Gasteiger partial charge in [0.2, 0.25) is 5.91 Å². The number of rotatable bonds is 8. The molecule has 0 spiro atoms. The zero-order chi connectivity index (χ0) is 16.2. The molecule has 0 aromatic carbocycles. The van der Waals surface area contributed by atoms with Gasteiger partial charge < -0.3 is 20.9 Å². The van der Waals surface area contributed by atoms with E-state index in [4.69, 9.17) is 0 Å². The van der Waals surface area contributed by atoms with Crippen LogP contribution in [0.25, 0.3) is 0 Å². The fraction of sp³-hybridized carbons (Fsp3) is 0.875. The van der Waals surface area contributed by atoms with Crippen LogP contribution in [0.1, 0.15) is 46.0 Å². The van der Waals surface area contributed by atoms with Gasteiger partial charge in [-0.25, -0.2) is 0 Å². The van der Waals surface area contributed by atoms with E-state index in [1.54, 1.807) is 7.05 Å². The molecule has 1 heterocycles. The van der Waals surface area contributed by atoms with Crippen molar-refractivity contribution in [3.8, 4) is 0 Å². The van der Waals surface area contributed by atoms with Gasteiger partial charge in [0.1, 0.15) is 0 Å². The largest absolute Gasteiger partial charge is 0.356 e. The number of hydrogen-bond acceptors (Lipinski definition) is 3. The molecule has 7 heteroatoms. The molecular formula is C16H34IN5O. The van der Waals surface area contributed by atoms with Crippen LogP contribution in [0.15, 0.2) is 4.99 Å². The number of nitrogens with zero attached hydrogens (tertiary/aromatic N) is 2. The van der Waals surface area contributed by atoms with E-state index in [1.807, 2.05) is 6.92 Å². The maximum absolute atomic E-state index is 11.7. The first-order valence-electron chi connectivity index (χ1n) is 8.62. The van der Waals surface area contributed by atoms with Gasteiger partial charge in [-0.3, -0.25) is 9.79 Å². The summed E-state index contributed by atoms with van der Waals surface area (Å²) in [5.41, 5.74) is 0. The summed E-state index contributed by atoms with van der Waals surface area (Å²) in [5.74, 6) is 0.860. The maximum atomic E-state index is 11.7. The second-order valence-corrected chi connectivity index (χ2v) is 5.95. The molecular weight excluding hydrogens is 405 g/mol. The van der Waals surface area contributed by atoms with Crippen LogP contribution in [0.3, 0.4) is 0 Å². The van der Waals surface area contributed by atoms with Crippen molar-refractivity contribution in [2.24, 2.45) is 4.99 Å². The highest BCUT2D eigenvalue weighted by atomic mass is 127. The molecule has 136 valence electrons. The standard InChI is InChI=1S/C16H33N5O.HI/c1-4-14(2)20-15(22)8-9-18-16(17-3)19-10-13-21-11-6-5-7-12-21;/h14H,4-13H2,1-3H3,(H,20,22)(H2,17,18,19);1H. The van der Waals surface area contributed by atoms with E-state index >= 15 is 0 Å². The lowest BCUT2D eigenvalue weighted by molar-refractivity contribution is -0.121. The van der Waals surface area contributed by atoms with E-state index in [0.29, 0.717) is 13.0 Å². The second-order valence-electron chi connectivity index (χ2n) is 5.95. The van der Waals surface area contributed by atoms with Crippen molar-refractivity contribution in [2.45, 2.75) is 52.0 Å². The molecule has 1 saturated heterocycles. The zero-order valence-corrected chi connectivity index (χ0v) is 17.2. The summed E-state index contributed by atoms with van der Waals surface area (Å²) in [6, 6.07) is 0.245. The van der Waals surface area contributed by atoms with Gasteiger partial charge >= 0.3 is 0 Å². The monoisotopic (exact) mass is 439 g/mol. The molecule has 1 amide bonds. The first-order valence-corrected chi connectivity index (χ1v) is 8.62. The number of amides is 1. The Morgan fingerprint density at radius 3 is 2.43 bits per heavy atom. The Bertz CT molecular complexity index is 345. The van der Waals surface area contributed by atoms with Crippen LogP contribution in [-0.2, 0) is 4.79 Å². The fourth-order valence-corrected chi connectivity index (χ4v) is 2.48. The lowest BCUT2D eigenvalue weighted by Gasteiger charge is -2.26. The Hall–Kier alpha value is -0.570. The summed E-state index contributed by atoms with van der Waals surface area (Å²) in [6.45, 7) is 9.05. The average molecular weight is 439 g/mol. The van der Waals surface area contributed by atoms with Gasteiger partial charge in [-0.1, -0.05) is 13.3 Å². The number of piperidine rings is 1. The van der Waals surface area contributed by atoms with Crippen LogP contribution >= 0.6 is 24.0 Å². The topological polar surface area (TPSA) is 68.8 Å². The van der Waals surface area contributed by atoms with E-state index in [1.165, 1.54) is 32.4 Å². The minimum Gasteiger partial charge on any atom is -0.356 e. The van der Waals surface area contributed by atoms with Crippen LogP contribution < -0.4 is 16.0 Å². The van der Waals surface area contributed by atoms with Crippen molar-refractivity contribution in [3.63, 3.8) is 0 Å². The molecule has 1 fully saturated rings. The van der Waals surface area contributed by atoms with Crippen LogP contribution in [-0.4, -0.2) is 62.6 Å². The SMILES string of the molecule is CCC(C)NC(=O)CCNC(=NC)NCCN1CCCCC1.I. The van der Waals surface area contributed by atoms with E-state index in [-0.39, 0.29) is 35.9 Å². The molecule has 0 aromatic rings. The number of nitrogens with one attached hydrogen (secondary N) is 3. The minimum atomic E-state index is 0. The van der Waals surface area contributed by atoms with Crippen molar-refractivity contribution in [2.75, 3.05) is 39.8 Å². The molecule has 1 aliphatic rings. The Labute approximate surface area is 158 Å². The third-order valence-electron chi connectivity index (χ3n) is 4.06. The highest BCUT2D eigenvalue weighted by Gasteiger charge is 2.09. The maximum Gasteiger partial charge on any atom is 0.221 e. The molecule has 0 aromatic heterocycles. The van der Waals surface area contributed by atoms with Gasteiger partial charge in [0.15, 0.2) is 5.96 Å². The van der Waals surface area contributed by atoms with Crippen molar-refractivity contribution in [1.29, 1.82) is 0 Å². The molecule has 0 radical (unpaired) electrons. The van der Waals surface area contributed by atoms with E-state index in [0.717, 1.165) is 25.5 Å². The number of carbonyl (C=O) groups is 1. The van der Waals surface area contributed by atoms with Gasteiger partial charge in [0, 0.05) is 39.1 Å². The first-order chi connectivity index (χ1) is 10.7. The van der Waals surface area contributed by atoms with Crippen LogP contribution in [0.2, 0.25) is 0 Å². The molecule has 1 aliphatic heterocycles. The third-order valence-corrected chi connectivity index (χ3v) is 4.06. The summed E-state index contributed by atoms with van der Waals surface area (Å²) in [7, 11) is 1.76. The summed E-state index contributed by atoms with van der Waals surface area (Å²) < 4.78 is 0. The molecule has 0 aliphatic carbocycles. The second kappa shape index (κ2) is 13.8. The molecule has 0 bridgehead atoms. The number of aliphatic imine (C=N–C) groups is 1. The van der Waals surface area contributed by atoms with Gasteiger partial charge in [0.25, 0.3) is 0 Å². The highest BCUT2D eigenvalue weighted by molar-refractivity contribution is 14.0. The van der Waals surface area contributed by atoms with Gasteiger partial charge in [-0.2, -0.15) is 0 Å². The number of carbonyl (C=O) groups excluding carboxylic acids is 1. The van der Waals surface area contributed by atoms with E-state index in [9.17, 15) is 4.79 Å². The van der Waals surface area contributed by atoms with Crippen molar-refractivity contribution < 1.29 is 4.79 Å². The van der Waals surface area contributed by atoms with Gasteiger partial charge in [0.05, 0.1) is 0 Å². The predicted octanol–water partition coefficient (Wildman–Crippen LogP) is 1.56. The Morgan fingerprint density at radius 2 is 1.83 bits per heavy atom.